The first-order chi connectivity index (χ1) is 12.3. The van der Waals surface area contributed by atoms with Crippen molar-refractivity contribution in [1.82, 2.24) is 15.4 Å². The summed E-state index contributed by atoms with van der Waals surface area (Å²) in [4.78, 5) is 23.3. The molecule has 2 aromatic rings. The Kier molecular flexibility index (Phi) is 6.48. The summed E-state index contributed by atoms with van der Waals surface area (Å²) in [5.74, 6) is -0.873. The number of rotatable bonds is 7. The molecule has 0 aromatic heterocycles. The fraction of sp³-hybridized carbons (Fsp3) is 0.222. The molecule has 0 saturated carbocycles. The summed E-state index contributed by atoms with van der Waals surface area (Å²) in [5, 5.41) is 4.81. The molecule has 0 aliphatic heterocycles. The highest BCUT2D eigenvalue weighted by Gasteiger charge is 2.19. The van der Waals surface area contributed by atoms with Gasteiger partial charge in [-0.1, -0.05) is 36.4 Å². The van der Waals surface area contributed by atoms with Crippen molar-refractivity contribution in [1.29, 1.82) is 0 Å². The highest BCUT2D eigenvalue weighted by atomic mass is 32.2. The maximum absolute atomic E-state index is 12.6. The molecule has 138 valence electrons. The molecule has 8 heteroatoms. The minimum absolute atomic E-state index is 0.0205. The van der Waals surface area contributed by atoms with Gasteiger partial charge in [-0.2, -0.15) is 0 Å². The SMILES string of the molecule is CNC(=O)CNC(=O)c1cccc(S(=O)(=O)N[C@H](C)c2ccccc2)c1. The molecule has 1 atom stereocenters. The molecule has 26 heavy (non-hydrogen) atoms. The quantitative estimate of drug-likeness (QED) is 0.676. The maximum Gasteiger partial charge on any atom is 0.251 e. The van der Waals surface area contributed by atoms with Crippen molar-refractivity contribution in [2.75, 3.05) is 13.6 Å². The third kappa shape index (κ3) is 5.14. The van der Waals surface area contributed by atoms with Crippen LogP contribution in [0.3, 0.4) is 0 Å². The Balaban J connectivity index is 2.14. The molecule has 0 heterocycles. The highest BCUT2D eigenvalue weighted by molar-refractivity contribution is 7.89. The van der Waals surface area contributed by atoms with Gasteiger partial charge in [-0.3, -0.25) is 9.59 Å². The van der Waals surface area contributed by atoms with Gasteiger partial charge in [0.2, 0.25) is 15.9 Å². The zero-order valence-electron chi connectivity index (χ0n) is 14.5. The number of amides is 2. The molecule has 0 aliphatic carbocycles. The predicted molar refractivity (Wildman–Crippen MR) is 98.0 cm³/mol. The molecule has 0 radical (unpaired) electrons. The van der Waals surface area contributed by atoms with Crippen LogP contribution >= 0.6 is 0 Å². The van der Waals surface area contributed by atoms with Crippen LogP contribution < -0.4 is 15.4 Å². The Morgan fingerprint density at radius 1 is 1.04 bits per heavy atom. The van der Waals surface area contributed by atoms with Gasteiger partial charge in [-0.15, -0.1) is 0 Å². The van der Waals surface area contributed by atoms with Crippen LogP contribution in [0.2, 0.25) is 0 Å². The molecule has 2 rings (SSSR count). The van der Waals surface area contributed by atoms with Gasteiger partial charge in [0.25, 0.3) is 5.91 Å². The van der Waals surface area contributed by atoms with Crippen molar-refractivity contribution < 1.29 is 18.0 Å². The molecule has 2 amide bonds. The van der Waals surface area contributed by atoms with E-state index in [2.05, 4.69) is 15.4 Å². The second-order valence-electron chi connectivity index (χ2n) is 5.64. The van der Waals surface area contributed by atoms with E-state index in [0.717, 1.165) is 5.56 Å². The van der Waals surface area contributed by atoms with Gasteiger partial charge in [0.1, 0.15) is 0 Å². The monoisotopic (exact) mass is 375 g/mol. The zero-order chi connectivity index (χ0) is 19.2. The lowest BCUT2D eigenvalue weighted by Crippen LogP contribution is -2.35. The van der Waals surface area contributed by atoms with E-state index in [1.54, 1.807) is 6.92 Å². The Labute approximate surface area is 152 Å². The van der Waals surface area contributed by atoms with Gasteiger partial charge in [0, 0.05) is 18.7 Å². The second kappa shape index (κ2) is 8.59. The van der Waals surface area contributed by atoms with E-state index in [0.29, 0.717) is 0 Å². The van der Waals surface area contributed by atoms with Crippen molar-refractivity contribution in [3.8, 4) is 0 Å². The number of nitrogens with one attached hydrogen (secondary N) is 3. The van der Waals surface area contributed by atoms with Gasteiger partial charge in [0.15, 0.2) is 0 Å². The molecule has 7 nitrogen and oxygen atoms in total. The van der Waals surface area contributed by atoms with E-state index >= 15 is 0 Å². The number of sulfonamides is 1. The predicted octanol–water partition coefficient (Wildman–Crippen LogP) is 1.20. The Hall–Kier alpha value is -2.71. The van der Waals surface area contributed by atoms with E-state index < -0.39 is 22.0 Å². The molecular formula is C18H21N3O4S. The fourth-order valence-corrected chi connectivity index (χ4v) is 3.54. The average molecular weight is 375 g/mol. The Morgan fingerprint density at radius 2 is 1.73 bits per heavy atom. The lowest BCUT2D eigenvalue weighted by molar-refractivity contribution is -0.119. The first-order valence-corrected chi connectivity index (χ1v) is 9.48. The molecule has 0 saturated heterocycles. The van der Waals surface area contributed by atoms with E-state index in [4.69, 9.17) is 0 Å². The number of benzene rings is 2. The van der Waals surface area contributed by atoms with Crippen molar-refractivity contribution in [3.63, 3.8) is 0 Å². The van der Waals surface area contributed by atoms with Crippen molar-refractivity contribution in [2.24, 2.45) is 0 Å². The molecule has 0 spiro atoms. The van der Waals surface area contributed by atoms with Crippen molar-refractivity contribution in [3.05, 3.63) is 65.7 Å². The molecular weight excluding hydrogens is 354 g/mol. The number of hydrogen-bond donors (Lipinski definition) is 3. The minimum atomic E-state index is -3.81. The smallest absolute Gasteiger partial charge is 0.251 e. The number of carbonyl (C=O) groups is 2. The average Bonchev–Trinajstić information content (AvgIpc) is 2.66. The highest BCUT2D eigenvalue weighted by Crippen LogP contribution is 2.17. The summed E-state index contributed by atoms with van der Waals surface area (Å²) in [5.41, 5.74) is 0.986. The molecule has 0 fully saturated rings. The third-order valence-corrected chi connectivity index (χ3v) is 5.26. The lowest BCUT2D eigenvalue weighted by atomic mass is 10.1. The van der Waals surface area contributed by atoms with Crippen molar-refractivity contribution in [2.45, 2.75) is 17.9 Å². The molecule has 0 bridgehead atoms. The van der Waals surface area contributed by atoms with Gasteiger partial charge < -0.3 is 10.6 Å². The van der Waals surface area contributed by atoms with Gasteiger partial charge in [-0.25, -0.2) is 13.1 Å². The van der Waals surface area contributed by atoms with Crippen LogP contribution in [0, 0.1) is 0 Å². The van der Waals surface area contributed by atoms with Crippen LogP contribution in [0.4, 0.5) is 0 Å². The van der Waals surface area contributed by atoms with E-state index in [1.165, 1.54) is 31.3 Å². The van der Waals surface area contributed by atoms with E-state index in [1.807, 2.05) is 30.3 Å². The zero-order valence-corrected chi connectivity index (χ0v) is 15.3. The standard InChI is InChI=1S/C18H21N3O4S/c1-13(14-7-4-3-5-8-14)21-26(24,25)16-10-6-9-15(11-16)18(23)20-12-17(22)19-2/h3-11,13,21H,12H2,1-2H3,(H,19,22)(H,20,23)/t13-/m1/s1. The Bertz CT molecular complexity index is 882. The Morgan fingerprint density at radius 3 is 2.38 bits per heavy atom. The summed E-state index contributed by atoms with van der Waals surface area (Å²) < 4.78 is 27.8. The van der Waals surface area contributed by atoms with Gasteiger partial charge in [0.05, 0.1) is 11.4 Å². The lowest BCUT2D eigenvalue weighted by Gasteiger charge is -2.15. The molecule has 0 aliphatic rings. The van der Waals surface area contributed by atoms with Gasteiger partial charge in [-0.05, 0) is 30.7 Å². The first-order valence-electron chi connectivity index (χ1n) is 7.99. The second-order valence-corrected chi connectivity index (χ2v) is 7.35. The molecule has 3 N–H and O–H groups in total. The first kappa shape index (κ1) is 19.6. The normalized spacial score (nSPS) is 12.2. The summed E-state index contributed by atoms with van der Waals surface area (Å²) in [6.45, 7) is 1.56. The van der Waals surface area contributed by atoms with Crippen LogP contribution in [-0.4, -0.2) is 33.8 Å². The van der Waals surface area contributed by atoms with E-state index in [-0.39, 0.29) is 22.9 Å². The summed E-state index contributed by atoms with van der Waals surface area (Å²) in [7, 11) is -2.35. The molecule has 0 unspecified atom stereocenters. The number of likely N-dealkylation sites (N-methyl/N-ethyl adjacent to an activating group) is 1. The number of carbonyl (C=O) groups excluding carboxylic acids is 2. The van der Waals surface area contributed by atoms with Crippen LogP contribution in [0.15, 0.2) is 59.5 Å². The summed E-state index contributed by atoms with van der Waals surface area (Å²) in [6, 6.07) is 14.4. The van der Waals surface area contributed by atoms with Crippen LogP contribution in [0.1, 0.15) is 28.9 Å². The van der Waals surface area contributed by atoms with Crippen LogP contribution in [-0.2, 0) is 14.8 Å². The molecule has 2 aromatic carbocycles. The summed E-state index contributed by atoms with van der Waals surface area (Å²) in [6.07, 6.45) is 0. The topological polar surface area (TPSA) is 104 Å². The van der Waals surface area contributed by atoms with E-state index in [9.17, 15) is 18.0 Å². The van der Waals surface area contributed by atoms with Crippen LogP contribution in [0.5, 0.6) is 0 Å². The summed E-state index contributed by atoms with van der Waals surface area (Å²) >= 11 is 0. The third-order valence-electron chi connectivity index (χ3n) is 3.73. The maximum atomic E-state index is 12.6. The van der Waals surface area contributed by atoms with Gasteiger partial charge >= 0.3 is 0 Å². The largest absolute Gasteiger partial charge is 0.358 e. The number of hydrogen-bond acceptors (Lipinski definition) is 4. The fourth-order valence-electron chi connectivity index (χ4n) is 2.27. The van der Waals surface area contributed by atoms with Crippen LogP contribution in [0.25, 0.3) is 0 Å². The van der Waals surface area contributed by atoms with Crippen molar-refractivity contribution >= 4 is 21.8 Å². The minimum Gasteiger partial charge on any atom is -0.358 e.